The second-order valence-corrected chi connectivity index (χ2v) is 4.81. The van der Waals surface area contributed by atoms with E-state index in [4.69, 9.17) is 11.6 Å². The van der Waals surface area contributed by atoms with Gasteiger partial charge in [-0.05, 0) is 25.5 Å². The maximum atomic E-state index is 6.09. The zero-order valence-corrected chi connectivity index (χ0v) is 10.6. The lowest BCUT2D eigenvalue weighted by molar-refractivity contribution is 0.200. The Morgan fingerprint density at radius 1 is 1.44 bits per heavy atom. The van der Waals surface area contributed by atoms with Gasteiger partial charge in [0, 0.05) is 24.3 Å². The minimum Gasteiger partial charge on any atom is -0.296 e. The fourth-order valence-electron chi connectivity index (χ4n) is 2.52. The molecule has 0 N–H and O–H groups in total. The fourth-order valence-corrected chi connectivity index (χ4v) is 2.70. The van der Waals surface area contributed by atoms with E-state index in [2.05, 4.69) is 22.9 Å². The van der Waals surface area contributed by atoms with Crippen molar-refractivity contribution in [2.75, 3.05) is 6.54 Å². The lowest BCUT2D eigenvalue weighted by atomic mass is 10.2. The molecule has 16 heavy (non-hydrogen) atoms. The molecule has 1 aromatic rings. The summed E-state index contributed by atoms with van der Waals surface area (Å²) in [5.74, 6) is 0. The van der Waals surface area contributed by atoms with Gasteiger partial charge in [0.15, 0.2) is 0 Å². The highest BCUT2D eigenvalue weighted by Crippen LogP contribution is 2.25. The van der Waals surface area contributed by atoms with Gasteiger partial charge in [-0.25, -0.2) is 4.98 Å². The summed E-state index contributed by atoms with van der Waals surface area (Å²) in [5, 5.41) is 0.652. The predicted octanol–water partition coefficient (Wildman–Crippen LogP) is 3.50. The normalized spacial score (nSPS) is 17.2. The highest BCUT2D eigenvalue weighted by Gasteiger charge is 2.21. The molecule has 0 saturated heterocycles. The first-order valence-electron chi connectivity index (χ1n) is 6.14. The summed E-state index contributed by atoms with van der Waals surface area (Å²) < 4.78 is 0. The minimum atomic E-state index is 0.652. The van der Waals surface area contributed by atoms with Gasteiger partial charge in [-0.1, -0.05) is 37.4 Å². The van der Waals surface area contributed by atoms with E-state index in [0.29, 0.717) is 5.15 Å². The predicted molar refractivity (Wildman–Crippen MR) is 67.6 cm³/mol. The number of rotatable bonds is 4. The van der Waals surface area contributed by atoms with Crippen LogP contribution in [0.4, 0.5) is 0 Å². The van der Waals surface area contributed by atoms with Crippen molar-refractivity contribution in [1.29, 1.82) is 0 Å². The first-order chi connectivity index (χ1) is 7.81. The third-order valence-electron chi connectivity index (χ3n) is 3.46. The molecule has 2 rings (SSSR count). The van der Waals surface area contributed by atoms with E-state index >= 15 is 0 Å². The minimum absolute atomic E-state index is 0.652. The average molecular weight is 239 g/mol. The van der Waals surface area contributed by atoms with Gasteiger partial charge in [-0.3, -0.25) is 4.90 Å². The molecule has 0 atom stereocenters. The molecule has 0 radical (unpaired) electrons. The zero-order valence-electron chi connectivity index (χ0n) is 9.82. The monoisotopic (exact) mass is 238 g/mol. The summed E-state index contributed by atoms with van der Waals surface area (Å²) in [6.07, 6.45) is 7.18. The molecule has 3 heteroatoms. The fraction of sp³-hybridized carbons (Fsp3) is 0.615. The molecule has 1 aliphatic rings. The molecule has 88 valence electrons. The molecule has 0 aliphatic heterocycles. The summed E-state index contributed by atoms with van der Waals surface area (Å²) in [6.45, 7) is 4.26. The molecule has 0 amide bonds. The van der Waals surface area contributed by atoms with Gasteiger partial charge in [-0.15, -0.1) is 0 Å². The van der Waals surface area contributed by atoms with Crippen molar-refractivity contribution in [2.45, 2.75) is 45.2 Å². The van der Waals surface area contributed by atoms with Crippen molar-refractivity contribution in [3.8, 4) is 0 Å². The number of pyridine rings is 1. The van der Waals surface area contributed by atoms with Crippen molar-refractivity contribution in [3.05, 3.63) is 29.0 Å². The second-order valence-electron chi connectivity index (χ2n) is 4.45. The lowest BCUT2D eigenvalue weighted by Gasteiger charge is -2.27. The number of nitrogens with zero attached hydrogens (tertiary/aromatic N) is 2. The van der Waals surface area contributed by atoms with E-state index in [1.807, 2.05) is 6.07 Å². The highest BCUT2D eigenvalue weighted by molar-refractivity contribution is 6.30. The first-order valence-corrected chi connectivity index (χ1v) is 6.52. The second kappa shape index (κ2) is 5.65. The molecule has 0 bridgehead atoms. The van der Waals surface area contributed by atoms with Gasteiger partial charge >= 0.3 is 0 Å². The Morgan fingerprint density at radius 2 is 2.19 bits per heavy atom. The Kier molecular flexibility index (Phi) is 4.19. The van der Waals surface area contributed by atoms with Gasteiger partial charge in [0.1, 0.15) is 5.15 Å². The van der Waals surface area contributed by atoms with Crippen LogP contribution in [0.5, 0.6) is 0 Å². The molecule has 1 aliphatic carbocycles. The lowest BCUT2D eigenvalue weighted by Crippen LogP contribution is -2.32. The van der Waals surface area contributed by atoms with E-state index < -0.39 is 0 Å². The van der Waals surface area contributed by atoms with Crippen LogP contribution >= 0.6 is 11.6 Å². The van der Waals surface area contributed by atoms with E-state index in [0.717, 1.165) is 24.7 Å². The van der Waals surface area contributed by atoms with Crippen LogP contribution in [0.25, 0.3) is 0 Å². The van der Waals surface area contributed by atoms with E-state index in [9.17, 15) is 0 Å². The Labute approximate surface area is 103 Å². The van der Waals surface area contributed by atoms with Crippen LogP contribution in [0.15, 0.2) is 18.3 Å². The van der Waals surface area contributed by atoms with Gasteiger partial charge in [0.25, 0.3) is 0 Å². The number of halogens is 1. The Bertz CT molecular complexity index is 334. The van der Waals surface area contributed by atoms with Gasteiger partial charge in [0.2, 0.25) is 0 Å². The van der Waals surface area contributed by atoms with E-state index in [-0.39, 0.29) is 0 Å². The van der Waals surface area contributed by atoms with Crippen molar-refractivity contribution < 1.29 is 0 Å². The molecule has 1 heterocycles. The first kappa shape index (κ1) is 11.9. The molecular weight excluding hydrogens is 220 g/mol. The smallest absolute Gasteiger partial charge is 0.133 e. The van der Waals surface area contributed by atoms with E-state index in [1.54, 1.807) is 6.20 Å². The summed E-state index contributed by atoms with van der Waals surface area (Å²) in [4.78, 5) is 6.66. The Hall–Kier alpha value is -0.600. The van der Waals surface area contributed by atoms with Crippen LogP contribution < -0.4 is 0 Å². The third-order valence-corrected chi connectivity index (χ3v) is 3.80. The van der Waals surface area contributed by atoms with Crippen LogP contribution in [0, 0.1) is 0 Å². The van der Waals surface area contributed by atoms with Crippen LogP contribution in [0.1, 0.15) is 38.2 Å². The van der Waals surface area contributed by atoms with E-state index in [1.165, 1.54) is 25.7 Å². The summed E-state index contributed by atoms with van der Waals surface area (Å²) in [7, 11) is 0. The van der Waals surface area contributed by atoms with Crippen molar-refractivity contribution in [1.82, 2.24) is 9.88 Å². The molecule has 0 aromatic carbocycles. The summed E-state index contributed by atoms with van der Waals surface area (Å²) in [5.41, 5.74) is 1.15. The van der Waals surface area contributed by atoms with Gasteiger partial charge in [0.05, 0.1) is 0 Å². The van der Waals surface area contributed by atoms with Gasteiger partial charge < -0.3 is 0 Å². The zero-order chi connectivity index (χ0) is 11.4. The van der Waals surface area contributed by atoms with Crippen LogP contribution in [0.2, 0.25) is 5.15 Å². The maximum absolute atomic E-state index is 6.09. The van der Waals surface area contributed by atoms with Crippen molar-refractivity contribution in [2.24, 2.45) is 0 Å². The SMILES string of the molecule is CCN(Cc1cccnc1Cl)C1CCCC1. The Balaban J connectivity index is 2.03. The molecule has 0 unspecified atom stereocenters. The summed E-state index contributed by atoms with van der Waals surface area (Å²) in [6, 6.07) is 4.79. The number of hydrogen-bond donors (Lipinski definition) is 0. The summed E-state index contributed by atoms with van der Waals surface area (Å²) >= 11 is 6.09. The van der Waals surface area contributed by atoms with Crippen LogP contribution in [-0.2, 0) is 6.54 Å². The third kappa shape index (κ3) is 2.74. The highest BCUT2D eigenvalue weighted by atomic mass is 35.5. The molecule has 1 saturated carbocycles. The average Bonchev–Trinajstić information content (AvgIpc) is 2.81. The molecule has 1 aromatic heterocycles. The van der Waals surface area contributed by atoms with Crippen molar-refractivity contribution >= 4 is 11.6 Å². The molecule has 2 nitrogen and oxygen atoms in total. The standard InChI is InChI=1S/C13H19ClN2/c1-2-16(12-7-3-4-8-12)10-11-6-5-9-15-13(11)14/h5-6,9,12H,2-4,7-8,10H2,1H3. The van der Waals surface area contributed by atoms with Crippen LogP contribution in [-0.4, -0.2) is 22.5 Å². The van der Waals surface area contributed by atoms with Crippen LogP contribution in [0.3, 0.4) is 0 Å². The number of hydrogen-bond acceptors (Lipinski definition) is 2. The van der Waals surface area contributed by atoms with Gasteiger partial charge in [-0.2, -0.15) is 0 Å². The quantitative estimate of drug-likeness (QED) is 0.747. The largest absolute Gasteiger partial charge is 0.296 e. The number of aromatic nitrogens is 1. The Morgan fingerprint density at radius 3 is 2.81 bits per heavy atom. The molecule has 0 spiro atoms. The van der Waals surface area contributed by atoms with Crippen molar-refractivity contribution in [3.63, 3.8) is 0 Å². The molecule has 1 fully saturated rings. The topological polar surface area (TPSA) is 16.1 Å². The maximum Gasteiger partial charge on any atom is 0.133 e. The molecular formula is C13H19ClN2.